The summed E-state index contributed by atoms with van der Waals surface area (Å²) >= 11 is 0. The molecule has 7 heteroatoms. The van der Waals surface area contributed by atoms with Gasteiger partial charge in [0.15, 0.2) is 0 Å². The fourth-order valence-electron chi connectivity index (χ4n) is 2.09. The average molecular weight is 327 g/mol. The summed E-state index contributed by atoms with van der Waals surface area (Å²) in [4.78, 5) is 15.1. The number of ether oxygens (including phenoxy) is 1. The van der Waals surface area contributed by atoms with Crippen molar-refractivity contribution in [3.63, 3.8) is 0 Å². The van der Waals surface area contributed by atoms with Crippen LogP contribution in [-0.2, 0) is 9.53 Å². The van der Waals surface area contributed by atoms with E-state index in [-0.39, 0.29) is 18.1 Å². The fraction of sp³-hybridized carbons (Fsp3) is 0.750. The summed E-state index contributed by atoms with van der Waals surface area (Å²) in [6.07, 6.45) is 3.13. The van der Waals surface area contributed by atoms with Gasteiger partial charge >= 0.3 is 0 Å². The molecule has 0 aliphatic heterocycles. The summed E-state index contributed by atoms with van der Waals surface area (Å²) in [7, 11) is 3.48. The van der Waals surface area contributed by atoms with Gasteiger partial charge in [-0.2, -0.15) is 0 Å². The number of likely N-dealkylation sites (N-methyl/N-ethyl adjacent to an activating group) is 2. The number of rotatable bonds is 12. The molecule has 134 valence electrons. The maximum Gasteiger partial charge on any atom is 0.219 e. The van der Waals surface area contributed by atoms with Crippen molar-refractivity contribution < 1.29 is 9.53 Å². The lowest BCUT2D eigenvalue weighted by atomic mass is 10.2. The molecule has 7 nitrogen and oxygen atoms in total. The highest BCUT2D eigenvalue weighted by molar-refractivity contribution is 5.72. The van der Waals surface area contributed by atoms with Crippen molar-refractivity contribution >= 4 is 12.2 Å². The standard InChI is InChI=1S/C16H33N5O2/c1-7-21(9-8-20(5)15(4)22)10-13(2)16(18-12-17)19-14(3)11-23-6/h10,12,14,16,19H,7-9,11H2,1-6H3,(H2,17,18)/b13-10+/t14-,16?/m1/s1. The quantitative estimate of drug-likeness (QED) is 0.281. The van der Waals surface area contributed by atoms with E-state index in [0.717, 1.165) is 18.7 Å². The van der Waals surface area contributed by atoms with Gasteiger partial charge in [0.2, 0.25) is 5.91 Å². The Hall–Kier alpha value is -1.60. The first-order chi connectivity index (χ1) is 10.8. The third kappa shape index (κ3) is 9.20. The second kappa shape index (κ2) is 11.9. The molecule has 2 atom stereocenters. The molecular formula is C16H33N5O2. The van der Waals surface area contributed by atoms with Crippen LogP contribution in [0.1, 0.15) is 27.7 Å². The number of methoxy groups -OCH3 is 1. The smallest absolute Gasteiger partial charge is 0.219 e. The molecular weight excluding hydrogens is 294 g/mol. The second-order valence-electron chi connectivity index (χ2n) is 5.71. The van der Waals surface area contributed by atoms with Crippen LogP contribution in [0.3, 0.4) is 0 Å². The van der Waals surface area contributed by atoms with Gasteiger partial charge in [0.25, 0.3) is 0 Å². The molecule has 1 amide bonds. The molecule has 0 aromatic carbocycles. The van der Waals surface area contributed by atoms with Crippen molar-refractivity contribution in [2.45, 2.75) is 39.9 Å². The van der Waals surface area contributed by atoms with E-state index in [0.29, 0.717) is 13.2 Å². The van der Waals surface area contributed by atoms with Crippen LogP contribution in [0.25, 0.3) is 0 Å². The van der Waals surface area contributed by atoms with Gasteiger partial charge in [-0.05, 0) is 26.3 Å². The summed E-state index contributed by atoms with van der Waals surface area (Å²) < 4.78 is 5.14. The van der Waals surface area contributed by atoms with Gasteiger partial charge in [-0.3, -0.25) is 15.5 Å². The van der Waals surface area contributed by atoms with E-state index < -0.39 is 0 Å². The van der Waals surface area contributed by atoms with Crippen LogP contribution in [0.15, 0.2) is 11.8 Å². The molecule has 0 heterocycles. The van der Waals surface area contributed by atoms with E-state index in [2.05, 4.69) is 28.7 Å². The molecule has 1 unspecified atom stereocenters. The molecule has 0 spiro atoms. The number of nitrogens with zero attached hydrogens (tertiary/aromatic N) is 2. The Bertz CT molecular complexity index is 387. The number of amides is 1. The van der Waals surface area contributed by atoms with Crippen LogP contribution < -0.4 is 10.6 Å². The molecule has 23 heavy (non-hydrogen) atoms. The summed E-state index contributed by atoms with van der Waals surface area (Å²) in [5.41, 5.74) is 1.07. The highest BCUT2D eigenvalue weighted by Crippen LogP contribution is 2.04. The van der Waals surface area contributed by atoms with E-state index in [9.17, 15) is 4.79 Å². The number of carbonyl (C=O) groups is 1. The fourth-order valence-corrected chi connectivity index (χ4v) is 2.09. The number of hydrogen-bond acceptors (Lipinski definition) is 5. The number of carbonyl (C=O) groups excluding carboxylic acids is 1. The maximum absolute atomic E-state index is 11.3. The molecule has 0 saturated carbocycles. The maximum atomic E-state index is 11.3. The zero-order chi connectivity index (χ0) is 17.8. The predicted molar refractivity (Wildman–Crippen MR) is 94.5 cm³/mol. The van der Waals surface area contributed by atoms with Crippen LogP contribution >= 0.6 is 0 Å². The highest BCUT2D eigenvalue weighted by atomic mass is 16.5. The van der Waals surface area contributed by atoms with Crippen LogP contribution in [0.5, 0.6) is 0 Å². The third-order valence-corrected chi connectivity index (χ3v) is 3.63. The monoisotopic (exact) mass is 327 g/mol. The molecule has 3 N–H and O–H groups in total. The van der Waals surface area contributed by atoms with E-state index in [1.54, 1.807) is 26.0 Å². The molecule has 0 radical (unpaired) electrons. The van der Waals surface area contributed by atoms with E-state index in [1.165, 1.54) is 6.34 Å². The minimum atomic E-state index is -0.128. The Kier molecular flexibility index (Phi) is 11.1. The molecule has 0 bridgehead atoms. The Labute approximate surface area is 140 Å². The van der Waals surface area contributed by atoms with Gasteiger partial charge in [-0.1, -0.05) is 0 Å². The van der Waals surface area contributed by atoms with Crippen molar-refractivity contribution in [3.8, 4) is 0 Å². The van der Waals surface area contributed by atoms with Crippen LogP contribution in [0, 0.1) is 5.41 Å². The Morgan fingerprint density at radius 1 is 1.35 bits per heavy atom. The van der Waals surface area contributed by atoms with Gasteiger partial charge < -0.3 is 19.9 Å². The first-order valence-corrected chi connectivity index (χ1v) is 7.99. The average Bonchev–Trinajstić information content (AvgIpc) is 2.50. The number of hydrogen-bond donors (Lipinski definition) is 3. The van der Waals surface area contributed by atoms with E-state index in [1.807, 2.05) is 13.8 Å². The van der Waals surface area contributed by atoms with Crippen molar-refractivity contribution in [1.82, 2.24) is 20.4 Å². The van der Waals surface area contributed by atoms with E-state index in [4.69, 9.17) is 10.1 Å². The number of nitrogens with one attached hydrogen (secondary N) is 3. The van der Waals surface area contributed by atoms with Crippen molar-refractivity contribution in [2.24, 2.45) is 0 Å². The normalized spacial score (nSPS) is 14.1. The SMILES string of the molecule is CCN(/C=C(\C)C(NC=N)N[C@H](C)COC)CCN(C)C(C)=O. The predicted octanol–water partition coefficient (Wildman–Crippen LogP) is 0.838. The summed E-state index contributed by atoms with van der Waals surface area (Å²) in [6.45, 7) is 10.6. The molecule has 0 fully saturated rings. The lowest BCUT2D eigenvalue weighted by Crippen LogP contribution is -2.48. The topological polar surface area (TPSA) is 80.7 Å². The summed E-state index contributed by atoms with van der Waals surface area (Å²) in [5.74, 6) is 0.0696. The third-order valence-electron chi connectivity index (χ3n) is 3.63. The largest absolute Gasteiger partial charge is 0.383 e. The molecule has 0 aromatic rings. The first-order valence-electron chi connectivity index (χ1n) is 7.99. The molecule has 0 aliphatic carbocycles. The zero-order valence-electron chi connectivity index (χ0n) is 15.3. The minimum Gasteiger partial charge on any atom is -0.383 e. The van der Waals surface area contributed by atoms with Gasteiger partial charge in [0, 0.05) is 53.0 Å². The first kappa shape index (κ1) is 21.4. The Balaban J connectivity index is 4.77. The molecule has 0 saturated heterocycles. The summed E-state index contributed by atoms with van der Waals surface area (Å²) in [6, 6.07) is 0.166. The minimum absolute atomic E-state index is 0.0696. The van der Waals surface area contributed by atoms with Gasteiger partial charge in [-0.15, -0.1) is 0 Å². The van der Waals surface area contributed by atoms with Crippen LogP contribution in [0.4, 0.5) is 0 Å². The van der Waals surface area contributed by atoms with Crippen molar-refractivity contribution in [2.75, 3.05) is 40.4 Å². The lowest BCUT2D eigenvalue weighted by molar-refractivity contribution is -0.127. The molecule has 0 aliphatic rings. The van der Waals surface area contributed by atoms with Crippen molar-refractivity contribution in [3.05, 3.63) is 11.8 Å². The van der Waals surface area contributed by atoms with E-state index >= 15 is 0 Å². The van der Waals surface area contributed by atoms with Crippen LogP contribution in [0.2, 0.25) is 0 Å². The van der Waals surface area contributed by atoms with Gasteiger partial charge in [0.05, 0.1) is 12.9 Å². The Morgan fingerprint density at radius 3 is 2.48 bits per heavy atom. The molecule has 0 aromatic heterocycles. The highest BCUT2D eigenvalue weighted by Gasteiger charge is 2.13. The lowest BCUT2D eigenvalue weighted by Gasteiger charge is -2.27. The van der Waals surface area contributed by atoms with Gasteiger partial charge in [0.1, 0.15) is 6.17 Å². The van der Waals surface area contributed by atoms with Gasteiger partial charge in [-0.25, -0.2) is 0 Å². The zero-order valence-corrected chi connectivity index (χ0v) is 15.3. The molecule has 0 rings (SSSR count). The second-order valence-corrected chi connectivity index (χ2v) is 5.71. The Morgan fingerprint density at radius 2 is 2.00 bits per heavy atom. The van der Waals surface area contributed by atoms with Crippen molar-refractivity contribution in [1.29, 1.82) is 5.41 Å². The van der Waals surface area contributed by atoms with Crippen LogP contribution in [-0.4, -0.2) is 74.7 Å². The summed E-state index contributed by atoms with van der Waals surface area (Å²) in [5, 5.41) is 13.7.